The lowest BCUT2D eigenvalue weighted by Gasteiger charge is -2.40. The van der Waals surface area contributed by atoms with Crippen molar-refractivity contribution in [1.29, 1.82) is 0 Å². The molecule has 1 saturated carbocycles. The van der Waals surface area contributed by atoms with Crippen LogP contribution in [0.4, 0.5) is 4.39 Å². The van der Waals surface area contributed by atoms with Gasteiger partial charge in [-0.05, 0) is 37.4 Å². The molecule has 4 rings (SSSR count). The van der Waals surface area contributed by atoms with Gasteiger partial charge in [-0.3, -0.25) is 9.69 Å². The third kappa shape index (κ3) is 4.61. The second-order valence-corrected chi connectivity index (χ2v) is 8.24. The summed E-state index contributed by atoms with van der Waals surface area (Å²) in [7, 11) is 1.54. The summed E-state index contributed by atoms with van der Waals surface area (Å²) >= 11 is 0. The molecular weight excluding hydrogens is 367 g/mol. The van der Waals surface area contributed by atoms with Crippen molar-refractivity contribution in [3.05, 3.63) is 65.5 Å². The molecule has 0 unspecified atom stereocenters. The van der Waals surface area contributed by atoms with Crippen molar-refractivity contribution in [2.24, 2.45) is 5.92 Å². The Labute approximate surface area is 172 Å². The van der Waals surface area contributed by atoms with Crippen LogP contribution in [0.15, 0.2) is 48.5 Å². The van der Waals surface area contributed by atoms with Crippen molar-refractivity contribution in [3.8, 4) is 5.75 Å². The monoisotopic (exact) mass is 396 g/mol. The Morgan fingerprint density at radius 2 is 1.97 bits per heavy atom. The SMILES string of the molecule is COc1ccc(CN2CC[C@@H](c3ccccc3)[C@@H](NC(=O)C3CCC3)C2)c(F)c1. The summed E-state index contributed by atoms with van der Waals surface area (Å²) in [6.07, 6.45) is 4.08. The van der Waals surface area contributed by atoms with Crippen LogP contribution in [0.2, 0.25) is 0 Å². The molecule has 2 aliphatic rings. The van der Waals surface area contributed by atoms with Gasteiger partial charge in [0.1, 0.15) is 11.6 Å². The van der Waals surface area contributed by atoms with Gasteiger partial charge >= 0.3 is 0 Å². The topological polar surface area (TPSA) is 41.6 Å². The van der Waals surface area contributed by atoms with E-state index in [2.05, 4.69) is 34.5 Å². The lowest BCUT2D eigenvalue weighted by molar-refractivity contribution is -0.128. The average molecular weight is 397 g/mol. The van der Waals surface area contributed by atoms with Crippen LogP contribution >= 0.6 is 0 Å². The summed E-state index contributed by atoms with van der Waals surface area (Å²) < 4.78 is 19.5. The molecule has 1 saturated heterocycles. The molecule has 4 nitrogen and oxygen atoms in total. The lowest BCUT2D eigenvalue weighted by Crippen LogP contribution is -2.53. The Bertz CT molecular complexity index is 838. The summed E-state index contributed by atoms with van der Waals surface area (Å²) in [6, 6.07) is 15.5. The molecule has 1 aliphatic carbocycles. The highest BCUT2D eigenvalue weighted by atomic mass is 19.1. The molecule has 0 spiro atoms. The molecule has 2 aromatic rings. The highest BCUT2D eigenvalue weighted by Gasteiger charge is 2.34. The number of carbonyl (C=O) groups excluding carboxylic acids is 1. The minimum absolute atomic E-state index is 0.0422. The molecule has 2 aromatic carbocycles. The van der Waals surface area contributed by atoms with E-state index in [-0.39, 0.29) is 29.6 Å². The Balaban J connectivity index is 1.48. The Morgan fingerprint density at radius 1 is 1.17 bits per heavy atom. The highest BCUT2D eigenvalue weighted by Crippen LogP contribution is 2.32. The minimum atomic E-state index is -0.246. The number of carbonyl (C=O) groups is 1. The van der Waals surface area contributed by atoms with Gasteiger partial charge in [-0.1, -0.05) is 42.8 Å². The summed E-state index contributed by atoms with van der Waals surface area (Å²) in [5.41, 5.74) is 1.93. The van der Waals surface area contributed by atoms with Gasteiger partial charge in [-0.25, -0.2) is 4.39 Å². The number of amides is 1. The predicted octanol–water partition coefficient (Wildman–Crippen LogP) is 4.11. The number of piperidine rings is 1. The number of hydrogen-bond acceptors (Lipinski definition) is 3. The lowest BCUT2D eigenvalue weighted by atomic mass is 9.82. The van der Waals surface area contributed by atoms with Gasteiger partial charge < -0.3 is 10.1 Å². The molecule has 1 heterocycles. The standard InChI is InChI=1S/C24H29FN2O2/c1-29-20-11-10-19(22(25)14-20)15-27-13-12-21(17-6-3-2-4-7-17)23(16-27)26-24(28)18-8-5-9-18/h2-4,6-7,10-11,14,18,21,23H,5,8-9,12-13,15-16H2,1H3,(H,26,28)/t21-,23-/m0/s1. The van der Waals surface area contributed by atoms with E-state index in [1.54, 1.807) is 12.1 Å². The van der Waals surface area contributed by atoms with Crippen molar-refractivity contribution in [2.45, 2.75) is 44.2 Å². The third-order valence-corrected chi connectivity index (χ3v) is 6.38. The van der Waals surface area contributed by atoms with Gasteiger partial charge in [0.05, 0.1) is 7.11 Å². The van der Waals surface area contributed by atoms with Crippen molar-refractivity contribution in [3.63, 3.8) is 0 Å². The van der Waals surface area contributed by atoms with Crippen LogP contribution in [0.1, 0.15) is 42.7 Å². The first kappa shape index (κ1) is 19.9. The minimum Gasteiger partial charge on any atom is -0.497 e. The first-order valence-electron chi connectivity index (χ1n) is 10.5. The smallest absolute Gasteiger partial charge is 0.223 e. The van der Waals surface area contributed by atoms with Crippen molar-refractivity contribution >= 4 is 5.91 Å². The van der Waals surface area contributed by atoms with Crippen LogP contribution in [-0.2, 0) is 11.3 Å². The molecule has 2 fully saturated rings. The van der Waals surface area contributed by atoms with Crippen molar-refractivity contribution in [1.82, 2.24) is 10.2 Å². The van der Waals surface area contributed by atoms with Gasteiger partial charge in [0.2, 0.25) is 5.91 Å². The fraction of sp³-hybridized carbons (Fsp3) is 0.458. The summed E-state index contributed by atoms with van der Waals surface area (Å²) in [4.78, 5) is 14.9. The fourth-order valence-corrected chi connectivity index (χ4v) is 4.40. The molecule has 1 aliphatic heterocycles. The maximum atomic E-state index is 14.4. The first-order valence-corrected chi connectivity index (χ1v) is 10.5. The molecule has 154 valence electrons. The van der Waals surface area contributed by atoms with E-state index in [4.69, 9.17) is 4.74 Å². The largest absolute Gasteiger partial charge is 0.497 e. The zero-order valence-electron chi connectivity index (χ0n) is 16.9. The summed E-state index contributed by atoms with van der Waals surface area (Å²) in [6.45, 7) is 2.14. The number of likely N-dealkylation sites (tertiary alicyclic amines) is 1. The molecule has 29 heavy (non-hydrogen) atoms. The Morgan fingerprint density at radius 3 is 2.62 bits per heavy atom. The number of rotatable bonds is 6. The number of nitrogens with zero attached hydrogens (tertiary/aromatic N) is 1. The molecule has 1 amide bonds. The van der Waals surface area contributed by atoms with Gasteiger partial charge in [0, 0.05) is 42.6 Å². The second kappa shape index (κ2) is 8.95. The normalized spacial score (nSPS) is 22.7. The van der Waals surface area contributed by atoms with E-state index in [0.717, 1.165) is 38.8 Å². The van der Waals surface area contributed by atoms with Crippen LogP contribution in [0, 0.1) is 11.7 Å². The number of hydrogen-bond donors (Lipinski definition) is 1. The zero-order chi connectivity index (χ0) is 20.2. The molecule has 2 atom stereocenters. The molecule has 1 N–H and O–H groups in total. The summed E-state index contributed by atoms with van der Waals surface area (Å²) in [5, 5.41) is 3.32. The summed E-state index contributed by atoms with van der Waals surface area (Å²) in [5.74, 6) is 0.918. The van der Waals surface area contributed by atoms with Crippen LogP contribution < -0.4 is 10.1 Å². The number of halogens is 1. The van der Waals surface area contributed by atoms with E-state index in [1.165, 1.54) is 18.7 Å². The molecule has 0 aromatic heterocycles. The van der Waals surface area contributed by atoms with Crippen LogP contribution in [-0.4, -0.2) is 37.0 Å². The number of methoxy groups -OCH3 is 1. The van der Waals surface area contributed by atoms with Crippen molar-refractivity contribution < 1.29 is 13.9 Å². The average Bonchev–Trinajstić information content (AvgIpc) is 2.69. The zero-order valence-corrected chi connectivity index (χ0v) is 16.9. The second-order valence-electron chi connectivity index (χ2n) is 8.24. The van der Waals surface area contributed by atoms with Crippen LogP contribution in [0.25, 0.3) is 0 Å². The van der Waals surface area contributed by atoms with Crippen LogP contribution in [0.5, 0.6) is 5.75 Å². The van der Waals surface area contributed by atoms with E-state index in [1.807, 2.05) is 6.07 Å². The third-order valence-electron chi connectivity index (χ3n) is 6.38. The maximum absolute atomic E-state index is 14.4. The molecular formula is C24H29FN2O2. The van der Waals surface area contributed by atoms with Gasteiger partial charge in [-0.2, -0.15) is 0 Å². The maximum Gasteiger partial charge on any atom is 0.223 e. The van der Waals surface area contributed by atoms with Crippen molar-refractivity contribution in [2.75, 3.05) is 20.2 Å². The fourth-order valence-electron chi connectivity index (χ4n) is 4.40. The van der Waals surface area contributed by atoms with E-state index in [0.29, 0.717) is 17.9 Å². The highest BCUT2D eigenvalue weighted by molar-refractivity contribution is 5.79. The van der Waals surface area contributed by atoms with Gasteiger partial charge in [0.15, 0.2) is 0 Å². The number of ether oxygens (including phenoxy) is 1. The van der Waals surface area contributed by atoms with Gasteiger partial charge in [-0.15, -0.1) is 0 Å². The predicted molar refractivity (Wildman–Crippen MR) is 111 cm³/mol. The van der Waals surface area contributed by atoms with Gasteiger partial charge in [0.25, 0.3) is 0 Å². The Hall–Kier alpha value is -2.40. The van der Waals surface area contributed by atoms with E-state index >= 15 is 0 Å². The number of benzene rings is 2. The molecule has 0 bridgehead atoms. The van der Waals surface area contributed by atoms with Crippen LogP contribution in [0.3, 0.4) is 0 Å². The molecule has 0 radical (unpaired) electrons. The van der Waals surface area contributed by atoms with E-state index in [9.17, 15) is 9.18 Å². The molecule has 5 heteroatoms. The number of nitrogens with one attached hydrogen (secondary N) is 1. The quantitative estimate of drug-likeness (QED) is 0.799. The first-order chi connectivity index (χ1) is 14.1. The Kier molecular flexibility index (Phi) is 6.14. The van der Waals surface area contributed by atoms with E-state index < -0.39 is 0 Å².